The van der Waals surface area contributed by atoms with Gasteiger partial charge in [0.25, 0.3) is 0 Å². The summed E-state index contributed by atoms with van der Waals surface area (Å²) in [6.45, 7) is 2.39. The lowest BCUT2D eigenvalue weighted by Gasteiger charge is -2.27. The molecule has 114 valence electrons. The maximum Gasteiger partial charge on any atom is 0.408 e. The lowest BCUT2D eigenvalue weighted by molar-refractivity contribution is -0.156. The Kier molecular flexibility index (Phi) is 5.29. The van der Waals surface area contributed by atoms with Crippen LogP contribution in [-0.2, 0) is 20.9 Å². The fraction of sp³-hybridized carbons (Fsp3) is 0.357. The summed E-state index contributed by atoms with van der Waals surface area (Å²) in [5, 5.41) is 20.2. The number of hydrogen-bond donors (Lipinski definition) is 3. The largest absolute Gasteiger partial charge is 0.481 e. The molecule has 0 aliphatic heterocycles. The number of carbonyl (C=O) groups is 3. The van der Waals surface area contributed by atoms with Crippen molar-refractivity contribution in [3.05, 3.63) is 35.9 Å². The van der Waals surface area contributed by atoms with E-state index < -0.39 is 29.5 Å². The highest BCUT2D eigenvalue weighted by atomic mass is 16.5. The summed E-state index contributed by atoms with van der Waals surface area (Å²) in [4.78, 5) is 33.8. The molecule has 7 nitrogen and oxygen atoms in total. The van der Waals surface area contributed by atoms with E-state index in [1.54, 1.807) is 30.3 Å². The molecule has 0 saturated carbocycles. The van der Waals surface area contributed by atoms with Gasteiger partial charge in [0.2, 0.25) is 0 Å². The molecule has 0 radical (unpaired) electrons. The highest BCUT2D eigenvalue weighted by Crippen LogP contribution is 2.21. The number of aliphatic carboxylic acids is 2. The maximum atomic E-state index is 11.6. The number of carboxylic acid groups (broad SMARTS) is 2. The van der Waals surface area contributed by atoms with Gasteiger partial charge in [-0.25, -0.2) is 9.59 Å². The standard InChI is InChI=1S/C14H17NO6/c1-14(2,12(18)19)10(11(16)17)15-13(20)21-8-9-6-4-3-5-7-9/h3-7,10H,8H2,1-2H3,(H,15,20)(H,16,17)(H,18,19). The summed E-state index contributed by atoms with van der Waals surface area (Å²) >= 11 is 0. The molecule has 1 aromatic carbocycles. The number of nitrogens with one attached hydrogen (secondary N) is 1. The minimum atomic E-state index is -1.67. The summed E-state index contributed by atoms with van der Waals surface area (Å²) in [7, 11) is 0. The monoisotopic (exact) mass is 295 g/mol. The van der Waals surface area contributed by atoms with Crippen molar-refractivity contribution in [2.24, 2.45) is 5.41 Å². The normalized spacial score (nSPS) is 12.3. The Labute approximate surface area is 121 Å². The van der Waals surface area contributed by atoms with E-state index in [9.17, 15) is 14.4 Å². The molecule has 3 N–H and O–H groups in total. The van der Waals surface area contributed by atoms with Gasteiger partial charge in [-0.15, -0.1) is 0 Å². The Morgan fingerprint density at radius 2 is 1.76 bits per heavy atom. The van der Waals surface area contributed by atoms with Crippen molar-refractivity contribution in [1.82, 2.24) is 5.32 Å². The smallest absolute Gasteiger partial charge is 0.408 e. The van der Waals surface area contributed by atoms with Crippen LogP contribution < -0.4 is 5.32 Å². The molecule has 0 fully saturated rings. The number of rotatable bonds is 6. The lowest BCUT2D eigenvalue weighted by atomic mass is 9.84. The molecule has 0 saturated heterocycles. The zero-order chi connectivity index (χ0) is 16.0. The predicted molar refractivity (Wildman–Crippen MR) is 72.6 cm³/mol. The van der Waals surface area contributed by atoms with Crippen molar-refractivity contribution in [1.29, 1.82) is 0 Å². The van der Waals surface area contributed by atoms with Gasteiger partial charge in [0, 0.05) is 0 Å². The van der Waals surface area contributed by atoms with Gasteiger partial charge in [-0.1, -0.05) is 30.3 Å². The Hall–Kier alpha value is -2.57. The molecular formula is C14H17NO6. The number of alkyl carbamates (subject to hydrolysis) is 1. The first-order valence-corrected chi connectivity index (χ1v) is 6.18. The highest BCUT2D eigenvalue weighted by molar-refractivity contribution is 5.88. The number of amides is 1. The van der Waals surface area contributed by atoms with Gasteiger partial charge in [0.15, 0.2) is 0 Å². The highest BCUT2D eigenvalue weighted by Gasteiger charge is 2.43. The molecule has 1 atom stereocenters. The molecule has 1 unspecified atom stereocenters. The predicted octanol–water partition coefficient (Wildman–Crippen LogP) is 1.48. The van der Waals surface area contributed by atoms with Gasteiger partial charge in [0.05, 0.1) is 5.41 Å². The van der Waals surface area contributed by atoms with Crippen LogP contribution in [0.2, 0.25) is 0 Å². The van der Waals surface area contributed by atoms with Crippen LogP contribution in [0.15, 0.2) is 30.3 Å². The molecule has 0 bridgehead atoms. The zero-order valence-corrected chi connectivity index (χ0v) is 11.7. The molecule has 0 heterocycles. The quantitative estimate of drug-likeness (QED) is 0.732. The van der Waals surface area contributed by atoms with E-state index in [1.807, 2.05) is 0 Å². The first kappa shape index (κ1) is 16.5. The van der Waals surface area contributed by atoms with Gasteiger partial charge >= 0.3 is 18.0 Å². The van der Waals surface area contributed by atoms with E-state index in [2.05, 4.69) is 5.32 Å². The number of ether oxygens (including phenoxy) is 1. The minimum absolute atomic E-state index is 0.0352. The van der Waals surface area contributed by atoms with Crippen LogP contribution in [0.3, 0.4) is 0 Å². The van der Waals surface area contributed by atoms with Gasteiger partial charge in [-0.3, -0.25) is 4.79 Å². The number of carboxylic acids is 2. The molecular weight excluding hydrogens is 278 g/mol. The molecule has 1 amide bonds. The number of benzene rings is 1. The summed E-state index contributed by atoms with van der Waals surface area (Å²) in [5.41, 5.74) is -0.936. The fourth-order valence-corrected chi connectivity index (χ4v) is 1.56. The Morgan fingerprint density at radius 1 is 1.19 bits per heavy atom. The average Bonchev–Trinajstić information content (AvgIpc) is 2.43. The fourth-order valence-electron chi connectivity index (χ4n) is 1.56. The van der Waals surface area contributed by atoms with Crippen LogP contribution >= 0.6 is 0 Å². The third-order valence-electron chi connectivity index (χ3n) is 2.99. The average molecular weight is 295 g/mol. The second kappa shape index (κ2) is 6.74. The van der Waals surface area contributed by atoms with E-state index in [-0.39, 0.29) is 6.61 Å². The number of hydrogen-bond acceptors (Lipinski definition) is 4. The van der Waals surface area contributed by atoms with E-state index >= 15 is 0 Å². The molecule has 1 rings (SSSR count). The second-order valence-corrected chi connectivity index (χ2v) is 5.00. The zero-order valence-electron chi connectivity index (χ0n) is 11.7. The molecule has 0 spiro atoms. The third kappa shape index (κ3) is 4.48. The van der Waals surface area contributed by atoms with Gasteiger partial charge in [-0.05, 0) is 19.4 Å². The Morgan fingerprint density at radius 3 is 2.24 bits per heavy atom. The summed E-state index contributed by atoms with van der Waals surface area (Å²) in [6.07, 6.45) is -0.986. The summed E-state index contributed by atoms with van der Waals surface area (Å²) in [6, 6.07) is 7.22. The van der Waals surface area contributed by atoms with E-state index in [4.69, 9.17) is 14.9 Å². The van der Waals surface area contributed by atoms with E-state index in [0.717, 1.165) is 5.56 Å². The van der Waals surface area contributed by atoms with Crippen LogP contribution in [0.4, 0.5) is 4.79 Å². The Balaban J connectivity index is 2.66. The van der Waals surface area contributed by atoms with Gasteiger partial charge in [-0.2, -0.15) is 0 Å². The van der Waals surface area contributed by atoms with Gasteiger partial charge in [0.1, 0.15) is 12.6 Å². The van der Waals surface area contributed by atoms with Crippen molar-refractivity contribution in [2.75, 3.05) is 0 Å². The van der Waals surface area contributed by atoms with Crippen molar-refractivity contribution < 1.29 is 29.3 Å². The van der Waals surface area contributed by atoms with Crippen LogP contribution in [0.1, 0.15) is 19.4 Å². The van der Waals surface area contributed by atoms with Crippen molar-refractivity contribution in [3.8, 4) is 0 Å². The van der Waals surface area contributed by atoms with Crippen LogP contribution in [-0.4, -0.2) is 34.3 Å². The third-order valence-corrected chi connectivity index (χ3v) is 2.99. The molecule has 0 aliphatic carbocycles. The Bertz CT molecular complexity index is 526. The maximum absolute atomic E-state index is 11.6. The van der Waals surface area contributed by atoms with Crippen LogP contribution in [0.5, 0.6) is 0 Å². The van der Waals surface area contributed by atoms with Crippen molar-refractivity contribution >= 4 is 18.0 Å². The molecule has 0 aliphatic rings. The topological polar surface area (TPSA) is 113 Å². The molecule has 7 heteroatoms. The lowest BCUT2D eigenvalue weighted by Crippen LogP contribution is -2.53. The molecule has 1 aromatic rings. The minimum Gasteiger partial charge on any atom is -0.481 e. The van der Waals surface area contributed by atoms with Gasteiger partial charge < -0.3 is 20.3 Å². The molecule has 0 aromatic heterocycles. The first-order chi connectivity index (χ1) is 9.75. The second-order valence-electron chi connectivity index (χ2n) is 5.00. The summed E-state index contributed by atoms with van der Waals surface area (Å²) in [5.74, 6) is -2.78. The van der Waals surface area contributed by atoms with Crippen molar-refractivity contribution in [2.45, 2.75) is 26.5 Å². The van der Waals surface area contributed by atoms with Crippen LogP contribution in [0.25, 0.3) is 0 Å². The molecule has 21 heavy (non-hydrogen) atoms. The van der Waals surface area contributed by atoms with Crippen molar-refractivity contribution in [3.63, 3.8) is 0 Å². The van der Waals surface area contributed by atoms with Crippen LogP contribution in [0, 0.1) is 5.41 Å². The van der Waals surface area contributed by atoms with E-state index in [1.165, 1.54) is 13.8 Å². The summed E-state index contributed by atoms with van der Waals surface area (Å²) < 4.78 is 4.88. The first-order valence-electron chi connectivity index (χ1n) is 6.18. The number of carbonyl (C=O) groups excluding carboxylic acids is 1. The van der Waals surface area contributed by atoms with E-state index in [0.29, 0.717) is 0 Å². The SMILES string of the molecule is CC(C)(C(=O)O)C(NC(=O)OCc1ccccc1)C(=O)O.